The van der Waals surface area contributed by atoms with Gasteiger partial charge in [0.25, 0.3) is 15.7 Å². The van der Waals surface area contributed by atoms with E-state index in [0.717, 1.165) is 29.3 Å². The molecular formula is C12H16ClN3O4S. The van der Waals surface area contributed by atoms with Crippen LogP contribution in [0.15, 0.2) is 23.1 Å². The first-order valence-corrected chi connectivity index (χ1v) is 8.37. The Morgan fingerprint density at radius 2 is 2.05 bits per heavy atom. The van der Waals surface area contributed by atoms with Crippen LogP contribution in [0.3, 0.4) is 0 Å². The van der Waals surface area contributed by atoms with Gasteiger partial charge in [-0.05, 0) is 25.0 Å². The lowest BCUT2D eigenvalue weighted by Gasteiger charge is -2.25. The highest BCUT2D eigenvalue weighted by Crippen LogP contribution is 2.31. The number of rotatable bonds is 3. The number of hydrogen-bond acceptors (Lipinski definition) is 5. The molecule has 1 aliphatic rings. The lowest BCUT2D eigenvalue weighted by atomic mass is 10.2. The number of halogens is 1. The lowest BCUT2D eigenvalue weighted by Crippen LogP contribution is -2.45. The first kappa shape index (κ1) is 16.2. The third-order valence-electron chi connectivity index (χ3n) is 3.45. The minimum atomic E-state index is -4.02. The van der Waals surface area contributed by atoms with E-state index in [1.165, 1.54) is 6.07 Å². The van der Waals surface area contributed by atoms with Crippen molar-refractivity contribution in [1.29, 1.82) is 0 Å². The van der Waals surface area contributed by atoms with Gasteiger partial charge in [-0.1, -0.05) is 24.4 Å². The van der Waals surface area contributed by atoms with Crippen LogP contribution in [0.25, 0.3) is 0 Å². The molecule has 7 nitrogen and oxygen atoms in total. The zero-order chi connectivity index (χ0) is 15.6. The summed E-state index contributed by atoms with van der Waals surface area (Å²) in [6.45, 7) is 0.267. The fraction of sp³-hybridized carbons (Fsp3) is 0.500. The quantitative estimate of drug-likeness (QED) is 0.673. The maximum Gasteiger partial charge on any atom is 0.290 e. The average Bonchev–Trinajstić information content (AvgIpc) is 2.63. The van der Waals surface area contributed by atoms with Gasteiger partial charge in [-0.3, -0.25) is 10.1 Å². The minimum absolute atomic E-state index is 0.112. The van der Waals surface area contributed by atoms with Gasteiger partial charge in [0.15, 0.2) is 4.90 Å². The number of nitrogens with two attached hydrogens (primary N) is 1. The van der Waals surface area contributed by atoms with Gasteiger partial charge in [0, 0.05) is 17.6 Å². The molecular weight excluding hydrogens is 318 g/mol. The van der Waals surface area contributed by atoms with Crippen molar-refractivity contribution in [3.8, 4) is 0 Å². The van der Waals surface area contributed by atoms with Gasteiger partial charge < -0.3 is 5.73 Å². The van der Waals surface area contributed by atoms with Crippen molar-refractivity contribution in [3.05, 3.63) is 33.3 Å². The molecule has 0 bridgehead atoms. The van der Waals surface area contributed by atoms with Crippen LogP contribution < -0.4 is 5.73 Å². The highest BCUT2D eigenvalue weighted by molar-refractivity contribution is 7.89. The fourth-order valence-electron chi connectivity index (χ4n) is 2.38. The van der Waals surface area contributed by atoms with E-state index in [-0.39, 0.29) is 16.5 Å². The Bertz CT molecular complexity index is 650. The molecule has 0 amide bonds. The van der Waals surface area contributed by atoms with Crippen LogP contribution in [-0.2, 0) is 10.0 Å². The molecule has 1 heterocycles. The Morgan fingerprint density at radius 3 is 2.71 bits per heavy atom. The Balaban J connectivity index is 2.50. The van der Waals surface area contributed by atoms with Crippen LogP contribution in [0.5, 0.6) is 0 Å². The summed E-state index contributed by atoms with van der Waals surface area (Å²) in [6.07, 6.45) is 2.31. The molecule has 1 saturated heterocycles. The van der Waals surface area contributed by atoms with Crippen LogP contribution in [0.1, 0.15) is 25.7 Å². The number of benzene rings is 1. The molecule has 1 unspecified atom stereocenters. The number of nitro groups is 1. The molecule has 1 aliphatic heterocycles. The van der Waals surface area contributed by atoms with Gasteiger partial charge in [0.05, 0.1) is 11.1 Å². The molecule has 9 heteroatoms. The molecule has 1 fully saturated rings. The highest BCUT2D eigenvalue weighted by atomic mass is 35.5. The molecule has 1 aromatic carbocycles. The molecule has 1 aromatic rings. The Labute approximate surface area is 127 Å². The standard InChI is InChI=1S/C12H16ClN3O4S/c13-9-5-6-11(10(8-9)16(17)18)21(19,20)15-7-3-1-2-4-12(15)14/h5-6,8,12H,1-4,7,14H2. The summed E-state index contributed by atoms with van der Waals surface area (Å²) in [5, 5.41) is 11.2. The van der Waals surface area contributed by atoms with Crippen molar-refractivity contribution >= 4 is 27.3 Å². The Kier molecular flexibility index (Phi) is 4.82. The summed E-state index contributed by atoms with van der Waals surface area (Å²) in [5.41, 5.74) is 5.38. The molecule has 116 valence electrons. The first-order chi connectivity index (χ1) is 9.84. The normalized spacial score (nSPS) is 21.0. The van der Waals surface area contributed by atoms with Gasteiger partial charge in [0.2, 0.25) is 0 Å². The van der Waals surface area contributed by atoms with Crippen molar-refractivity contribution in [1.82, 2.24) is 4.31 Å². The third-order valence-corrected chi connectivity index (χ3v) is 5.66. The predicted molar refractivity (Wildman–Crippen MR) is 78.4 cm³/mol. The van der Waals surface area contributed by atoms with Crippen LogP contribution in [0.4, 0.5) is 5.69 Å². The lowest BCUT2D eigenvalue weighted by molar-refractivity contribution is -0.387. The second-order valence-electron chi connectivity index (χ2n) is 4.90. The summed E-state index contributed by atoms with van der Waals surface area (Å²) < 4.78 is 26.5. The molecule has 21 heavy (non-hydrogen) atoms. The molecule has 0 spiro atoms. The van der Waals surface area contributed by atoms with Crippen molar-refractivity contribution in [3.63, 3.8) is 0 Å². The highest BCUT2D eigenvalue weighted by Gasteiger charge is 2.35. The fourth-order valence-corrected chi connectivity index (χ4v) is 4.27. The molecule has 0 aliphatic carbocycles. The van der Waals surface area contributed by atoms with Crippen LogP contribution in [-0.4, -0.2) is 30.4 Å². The largest absolute Gasteiger partial charge is 0.315 e. The maximum atomic E-state index is 12.7. The molecule has 1 atom stereocenters. The third kappa shape index (κ3) is 3.34. The smallest absolute Gasteiger partial charge is 0.290 e. The van der Waals surface area contributed by atoms with Crippen molar-refractivity contribution < 1.29 is 13.3 Å². The predicted octanol–water partition coefficient (Wildman–Crippen LogP) is 2.10. The van der Waals surface area contributed by atoms with Gasteiger partial charge in [0.1, 0.15) is 0 Å². The average molecular weight is 334 g/mol. The maximum absolute atomic E-state index is 12.7. The van der Waals surface area contributed by atoms with E-state index in [4.69, 9.17) is 17.3 Å². The van der Waals surface area contributed by atoms with Crippen molar-refractivity contribution in [2.24, 2.45) is 5.73 Å². The van der Waals surface area contributed by atoms with Crippen molar-refractivity contribution in [2.45, 2.75) is 36.7 Å². The van der Waals surface area contributed by atoms with E-state index in [9.17, 15) is 18.5 Å². The van der Waals surface area contributed by atoms with Gasteiger partial charge >= 0.3 is 0 Å². The van der Waals surface area contributed by atoms with E-state index in [0.29, 0.717) is 12.8 Å². The summed E-state index contributed by atoms with van der Waals surface area (Å²) in [7, 11) is -4.02. The zero-order valence-electron chi connectivity index (χ0n) is 11.2. The van der Waals surface area contributed by atoms with Gasteiger partial charge in [-0.15, -0.1) is 0 Å². The van der Waals surface area contributed by atoms with E-state index >= 15 is 0 Å². The topological polar surface area (TPSA) is 107 Å². The minimum Gasteiger partial charge on any atom is -0.315 e. The number of sulfonamides is 1. The van der Waals surface area contributed by atoms with E-state index < -0.39 is 26.8 Å². The second-order valence-corrected chi connectivity index (χ2v) is 7.20. The number of nitro benzene ring substituents is 1. The van der Waals surface area contributed by atoms with Gasteiger partial charge in [-0.25, -0.2) is 8.42 Å². The van der Waals surface area contributed by atoms with E-state index in [2.05, 4.69) is 0 Å². The van der Waals surface area contributed by atoms with Crippen LogP contribution in [0, 0.1) is 10.1 Å². The zero-order valence-corrected chi connectivity index (χ0v) is 12.8. The molecule has 0 saturated carbocycles. The first-order valence-electron chi connectivity index (χ1n) is 6.55. The molecule has 0 radical (unpaired) electrons. The Hall–Kier alpha value is -1.22. The van der Waals surface area contributed by atoms with E-state index in [1.807, 2.05) is 0 Å². The SMILES string of the molecule is NC1CCCCCN1S(=O)(=O)c1ccc(Cl)cc1[N+](=O)[O-]. The Morgan fingerprint density at radius 1 is 1.33 bits per heavy atom. The van der Waals surface area contributed by atoms with Crippen LogP contribution in [0.2, 0.25) is 5.02 Å². The van der Waals surface area contributed by atoms with E-state index in [1.54, 1.807) is 0 Å². The summed E-state index contributed by atoms with van der Waals surface area (Å²) in [5.74, 6) is 0. The summed E-state index contributed by atoms with van der Waals surface area (Å²) in [6, 6.07) is 3.52. The van der Waals surface area contributed by atoms with Crippen molar-refractivity contribution in [2.75, 3.05) is 6.54 Å². The summed E-state index contributed by atoms with van der Waals surface area (Å²) >= 11 is 5.71. The van der Waals surface area contributed by atoms with Gasteiger partial charge in [-0.2, -0.15) is 4.31 Å². The number of nitrogens with zero attached hydrogens (tertiary/aromatic N) is 2. The second kappa shape index (κ2) is 6.27. The number of hydrogen-bond donors (Lipinski definition) is 1. The van der Waals surface area contributed by atoms with Crippen LogP contribution >= 0.6 is 11.6 Å². The summed E-state index contributed by atoms with van der Waals surface area (Å²) in [4.78, 5) is 9.97. The molecule has 2 N–H and O–H groups in total. The molecule has 0 aromatic heterocycles. The monoisotopic (exact) mass is 333 g/mol. The molecule has 2 rings (SSSR count).